The van der Waals surface area contributed by atoms with Crippen LogP contribution >= 0.6 is 0 Å². The van der Waals surface area contributed by atoms with Gasteiger partial charge in [0, 0.05) is 6.07 Å². The van der Waals surface area contributed by atoms with E-state index in [1.54, 1.807) is 0 Å². The minimum atomic E-state index is -4.68. The number of nitrogen functional groups attached to an aromatic ring is 1. The Hall–Kier alpha value is -2.05. The molecule has 0 unspecified atom stereocenters. The van der Waals surface area contributed by atoms with Crippen molar-refractivity contribution < 1.29 is 22.1 Å². The minimum absolute atomic E-state index is 0.114. The zero-order chi connectivity index (χ0) is 12.6. The van der Waals surface area contributed by atoms with E-state index >= 15 is 0 Å². The molecule has 0 saturated carbocycles. The van der Waals surface area contributed by atoms with E-state index < -0.39 is 23.1 Å². The third-order valence-electron chi connectivity index (χ3n) is 2.09. The topological polar surface area (TPSA) is 52.0 Å². The summed E-state index contributed by atoms with van der Waals surface area (Å²) in [6.07, 6.45) is -4.68. The van der Waals surface area contributed by atoms with Crippen molar-refractivity contribution in [2.75, 3.05) is 5.73 Å². The summed E-state index contributed by atoms with van der Waals surface area (Å²) < 4.78 is 56.0. The Morgan fingerprint density at radius 2 is 1.94 bits per heavy atom. The number of halogens is 4. The van der Waals surface area contributed by atoms with Gasteiger partial charge in [0.1, 0.15) is 5.82 Å². The van der Waals surface area contributed by atoms with Gasteiger partial charge in [-0.1, -0.05) is 11.2 Å². The summed E-state index contributed by atoms with van der Waals surface area (Å²) in [4.78, 5) is 0. The number of nitrogens with zero attached hydrogens (tertiary/aromatic N) is 1. The number of nitrogens with two attached hydrogens (primary N) is 1. The Labute approximate surface area is 92.8 Å². The molecular formula is C10H6F4N2O. The van der Waals surface area contributed by atoms with Crippen molar-refractivity contribution in [1.29, 1.82) is 0 Å². The van der Waals surface area contributed by atoms with E-state index in [2.05, 4.69) is 9.68 Å². The van der Waals surface area contributed by atoms with E-state index in [9.17, 15) is 17.6 Å². The summed E-state index contributed by atoms with van der Waals surface area (Å²) in [6, 6.07) is 3.68. The molecule has 0 atom stereocenters. The van der Waals surface area contributed by atoms with Gasteiger partial charge in [-0.2, -0.15) is 13.2 Å². The lowest BCUT2D eigenvalue weighted by Gasteiger charge is -2.10. The molecule has 90 valence electrons. The molecule has 0 fully saturated rings. The van der Waals surface area contributed by atoms with Gasteiger partial charge in [-0.15, -0.1) is 0 Å². The third kappa shape index (κ3) is 2.08. The smallest absolute Gasteiger partial charge is 0.381 e. The van der Waals surface area contributed by atoms with Crippen LogP contribution in [0, 0.1) is 5.82 Å². The molecule has 1 heterocycles. The number of aromatic nitrogens is 1. The molecule has 0 saturated heterocycles. The summed E-state index contributed by atoms with van der Waals surface area (Å²) in [5, 5.41) is 3.23. The molecule has 17 heavy (non-hydrogen) atoms. The first-order chi connectivity index (χ1) is 7.89. The predicted molar refractivity (Wildman–Crippen MR) is 51.3 cm³/mol. The molecule has 0 aliphatic rings. The minimum Gasteiger partial charge on any atom is -0.381 e. The molecule has 3 nitrogen and oxygen atoms in total. The molecule has 2 aromatic rings. The highest BCUT2D eigenvalue weighted by Gasteiger charge is 2.36. The fourth-order valence-corrected chi connectivity index (χ4v) is 1.42. The fraction of sp³-hybridized carbons (Fsp3) is 0.100. The Balaban J connectivity index is 2.67. The zero-order valence-corrected chi connectivity index (χ0v) is 8.25. The lowest BCUT2D eigenvalue weighted by atomic mass is 10.0. The van der Waals surface area contributed by atoms with Crippen LogP contribution in [0.1, 0.15) is 5.56 Å². The van der Waals surface area contributed by atoms with Crippen molar-refractivity contribution in [3.63, 3.8) is 0 Å². The van der Waals surface area contributed by atoms with Crippen molar-refractivity contribution in [3.05, 3.63) is 35.6 Å². The summed E-state index contributed by atoms with van der Waals surface area (Å²) in [5.74, 6) is -1.51. The predicted octanol–water partition coefficient (Wildman–Crippen LogP) is 3.08. The standard InChI is InChI=1S/C10H6F4N2O/c11-6-3-1-2-5(10(12,13)14)9(6)7-4-8(15)16-17-7/h1-4H,(H2,15,16). The molecule has 2 rings (SSSR count). The van der Waals surface area contributed by atoms with Crippen LogP contribution in [-0.4, -0.2) is 5.16 Å². The highest BCUT2D eigenvalue weighted by Crippen LogP contribution is 2.38. The molecule has 0 spiro atoms. The second-order valence-corrected chi connectivity index (χ2v) is 3.28. The maximum Gasteiger partial charge on any atom is 0.417 e. The largest absolute Gasteiger partial charge is 0.417 e. The third-order valence-corrected chi connectivity index (χ3v) is 2.09. The van der Waals surface area contributed by atoms with Crippen LogP contribution in [0.3, 0.4) is 0 Å². The highest BCUT2D eigenvalue weighted by molar-refractivity contribution is 5.65. The van der Waals surface area contributed by atoms with E-state index in [1.165, 1.54) is 0 Å². The van der Waals surface area contributed by atoms with Crippen LogP contribution in [0.15, 0.2) is 28.8 Å². The quantitative estimate of drug-likeness (QED) is 0.786. The maximum absolute atomic E-state index is 13.4. The van der Waals surface area contributed by atoms with Crippen LogP contribution < -0.4 is 5.73 Å². The maximum atomic E-state index is 13.4. The van der Waals surface area contributed by atoms with Gasteiger partial charge < -0.3 is 10.3 Å². The SMILES string of the molecule is Nc1cc(-c2c(F)cccc2C(F)(F)F)on1. The number of anilines is 1. The van der Waals surface area contributed by atoms with Gasteiger partial charge in [0.15, 0.2) is 11.6 Å². The Morgan fingerprint density at radius 3 is 2.47 bits per heavy atom. The van der Waals surface area contributed by atoms with E-state index in [0.29, 0.717) is 0 Å². The number of hydrogen-bond donors (Lipinski definition) is 1. The molecule has 7 heteroatoms. The summed E-state index contributed by atoms with van der Waals surface area (Å²) in [5.41, 5.74) is 3.40. The average molecular weight is 246 g/mol. The van der Waals surface area contributed by atoms with Crippen molar-refractivity contribution >= 4 is 5.82 Å². The number of hydrogen-bond acceptors (Lipinski definition) is 3. The van der Waals surface area contributed by atoms with Gasteiger partial charge in [-0.05, 0) is 12.1 Å². The molecule has 2 N–H and O–H groups in total. The van der Waals surface area contributed by atoms with Gasteiger partial charge in [-0.25, -0.2) is 4.39 Å². The molecule has 0 aliphatic heterocycles. The summed E-state index contributed by atoms with van der Waals surface area (Å²) in [6.45, 7) is 0. The van der Waals surface area contributed by atoms with Gasteiger partial charge in [0.2, 0.25) is 0 Å². The molecule has 0 aliphatic carbocycles. The Morgan fingerprint density at radius 1 is 1.24 bits per heavy atom. The molecule has 0 radical (unpaired) electrons. The zero-order valence-electron chi connectivity index (χ0n) is 8.25. The van der Waals surface area contributed by atoms with Gasteiger partial charge >= 0.3 is 6.18 Å². The first-order valence-corrected chi connectivity index (χ1v) is 4.48. The lowest BCUT2D eigenvalue weighted by Crippen LogP contribution is -2.08. The second kappa shape index (κ2) is 3.76. The van der Waals surface area contributed by atoms with Gasteiger partial charge in [0.05, 0.1) is 11.1 Å². The normalized spacial score (nSPS) is 11.8. The number of alkyl halides is 3. The first-order valence-electron chi connectivity index (χ1n) is 4.48. The van der Waals surface area contributed by atoms with Crippen molar-refractivity contribution in [2.45, 2.75) is 6.18 Å². The monoisotopic (exact) mass is 246 g/mol. The van der Waals surface area contributed by atoms with Crippen molar-refractivity contribution in [1.82, 2.24) is 5.16 Å². The molecule has 1 aromatic carbocycles. The van der Waals surface area contributed by atoms with Gasteiger partial charge in [0.25, 0.3) is 0 Å². The van der Waals surface area contributed by atoms with Crippen LogP contribution in [0.25, 0.3) is 11.3 Å². The van der Waals surface area contributed by atoms with E-state index in [-0.39, 0.29) is 11.6 Å². The molecular weight excluding hydrogens is 240 g/mol. The second-order valence-electron chi connectivity index (χ2n) is 3.28. The first kappa shape index (κ1) is 11.4. The van der Waals surface area contributed by atoms with Crippen LogP contribution in [0.2, 0.25) is 0 Å². The van der Waals surface area contributed by atoms with Crippen LogP contribution in [0.4, 0.5) is 23.4 Å². The number of benzene rings is 1. The molecule has 1 aromatic heterocycles. The van der Waals surface area contributed by atoms with Gasteiger partial charge in [-0.3, -0.25) is 0 Å². The number of rotatable bonds is 1. The highest BCUT2D eigenvalue weighted by atomic mass is 19.4. The van der Waals surface area contributed by atoms with Crippen molar-refractivity contribution in [3.8, 4) is 11.3 Å². The van der Waals surface area contributed by atoms with Crippen LogP contribution in [0.5, 0.6) is 0 Å². The average Bonchev–Trinajstić information content (AvgIpc) is 2.63. The lowest BCUT2D eigenvalue weighted by molar-refractivity contribution is -0.137. The molecule has 0 bridgehead atoms. The fourth-order valence-electron chi connectivity index (χ4n) is 1.42. The summed E-state index contributed by atoms with van der Waals surface area (Å²) >= 11 is 0. The van der Waals surface area contributed by atoms with E-state index in [4.69, 9.17) is 5.73 Å². The Bertz CT molecular complexity index is 547. The van der Waals surface area contributed by atoms with E-state index in [1.807, 2.05) is 0 Å². The molecule has 0 amide bonds. The Kier molecular flexibility index (Phi) is 2.53. The van der Waals surface area contributed by atoms with E-state index in [0.717, 1.165) is 24.3 Å². The van der Waals surface area contributed by atoms with Crippen LogP contribution in [-0.2, 0) is 6.18 Å². The summed E-state index contributed by atoms with van der Waals surface area (Å²) in [7, 11) is 0. The van der Waals surface area contributed by atoms with Crippen molar-refractivity contribution in [2.24, 2.45) is 0 Å².